The summed E-state index contributed by atoms with van der Waals surface area (Å²) in [4.78, 5) is 16.2. The highest BCUT2D eigenvalue weighted by Gasteiger charge is 2.29. The van der Waals surface area contributed by atoms with Gasteiger partial charge in [-0.15, -0.1) is 0 Å². The van der Waals surface area contributed by atoms with Crippen molar-refractivity contribution in [1.82, 2.24) is 4.98 Å². The highest BCUT2D eigenvalue weighted by Crippen LogP contribution is 2.30. The molecule has 0 fully saturated rings. The van der Waals surface area contributed by atoms with Gasteiger partial charge in [0.15, 0.2) is 0 Å². The number of alkyl halides is 3. The Hall–Kier alpha value is -3.42. The second-order valence-electron chi connectivity index (χ2n) is 5.59. The Kier molecular flexibility index (Phi) is 5.07. The molecule has 0 atom stereocenters. The molecule has 0 unspecified atom stereocenters. The van der Waals surface area contributed by atoms with Gasteiger partial charge in [0.2, 0.25) is 0 Å². The predicted molar refractivity (Wildman–Crippen MR) is 93.3 cm³/mol. The van der Waals surface area contributed by atoms with E-state index in [4.69, 9.17) is 0 Å². The standard InChI is InChI=1S/C19H13F4N3O/c20-13-2-1-3-15(10-13)26-18(27)17-11-16(8-9-24-17)25-14-6-4-12(5-7-14)19(21,22)23/h1-11H,(H,24,25)(H,26,27). The van der Waals surface area contributed by atoms with E-state index in [-0.39, 0.29) is 11.4 Å². The molecule has 3 rings (SSSR count). The molecule has 8 heteroatoms. The van der Waals surface area contributed by atoms with Gasteiger partial charge in [-0.3, -0.25) is 9.78 Å². The zero-order valence-corrected chi connectivity index (χ0v) is 13.7. The van der Waals surface area contributed by atoms with Gasteiger partial charge in [0.05, 0.1) is 5.56 Å². The number of carbonyl (C=O) groups excluding carboxylic acids is 1. The monoisotopic (exact) mass is 375 g/mol. The summed E-state index contributed by atoms with van der Waals surface area (Å²) in [5, 5.41) is 5.42. The van der Waals surface area contributed by atoms with Crippen LogP contribution in [0.1, 0.15) is 16.1 Å². The number of hydrogen-bond acceptors (Lipinski definition) is 3. The second kappa shape index (κ2) is 7.45. The number of nitrogens with zero attached hydrogens (tertiary/aromatic N) is 1. The van der Waals surface area contributed by atoms with E-state index >= 15 is 0 Å². The number of pyridine rings is 1. The second-order valence-corrected chi connectivity index (χ2v) is 5.59. The minimum absolute atomic E-state index is 0.0659. The third kappa shape index (κ3) is 4.81. The minimum atomic E-state index is -4.41. The van der Waals surface area contributed by atoms with E-state index in [1.54, 1.807) is 6.07 Å². The molecule has 138 valence electrons. The average molecular weight is 375 g/mol. The zero-order valence-electron chi connectivity index (χ0n) is 13.7. The van der Waals surface area contributed by atoms with Gasteiger partial charge in [-0.1, -0.05) is 6.07 Å². The van der Waals surface area contributed by atoms with Gasteiger partial charge in [-0.2, -0.15) is 13.2 Å². The first-order valence-corrected chi connectivity index (χ1v) is 7.78. The number of anilines is 3. The third-order valence-corrected chi connectivity index (χ3v) is 3.58. The van der Waals surface area contributed by atoms with Crippen LogP contribution in [0.2, 0.25) is 0 Å². The minimum Gasteiger partial charge on any atom is -0.355 e. The molecular weight excluding hydrogens is 362 g/mol. The van der Waals surface area contributed by atoms with E-state index in [1.165, 1.54) is 48.7 Å². The fourth-order valence-corrected chi connectivity index (χ4v) is 2.30. The first-order valence-electron chi connectivity index (χ1n) is 7.78. The molecule has 1 aromatic heterocycles. The highest BCUT2D eigenvalue weighted by molar-refractivity contribution is 6.03. The molecule has 0 saturated carbocycles. The van der Waals surface area contributed by atoms with Crippen LogP contribution in [0.3, 0.4) is 0 Å². The van der Waals surface area contributed by atoms with Crippen molar-refractivity contribution in [2.45, 2.75) is 6.18 Å². The maximum Gasteiger partial charge on any atom is 0.416 e. The Morgan fingerprint density at radius 2 is 1.63 bits per heavy atom. The number of amides is 1. The molecule has 2 aromatic carbocycles. The van der Waals surface area contributed by atoms with Gasteiger partial charge in [0.1, 0.15) is 11.5 Å². The molecule has 0 spiro atoms. The first-order chi connectivity index (χ1) is 12.8. The van der Waals surface area contributed by atoms with E-state index in [1.807, 2.05) is 0 Å². The van der Waals surface area contributed by atoms with Crippen LogP contribution in [0.5, 0.6) is 0 Å². The van der Waals surface area contributed by atoms with Crippen molar-refractivity contribution in [3.05, 3.63) is 83.9 Å². The van der Waals surface area contributed by atoms with Crippen LogP contribution >= 0.6 is 0 Å². The number of rotatable bonds is 4. The maximum atomic E-state index is 13.2. The Bertz CT molecular complexity index is 956. The van der Waals surface area contributed by atoms with Crippen LogP contribution in [0, 0.1) is 5.82 Å². The van der Waals surface area contributed by atoms with Crippen LogP contribution < -0.4 is 10.6 Å². The summed E-state index contributed by atoms with van der Waals surface area (Å²) in [6.07, 6.45) is -3.02. The van der Waals surface area contributed by atoms with E-state index in [2.05, 4.69) is 15.6 Å². The van der Waals surface area contributed by atoms with E-state index < -0.39 is 23.5 Å². The number of hydrogen-bond donors (Lipinski definition) is 2. The fraction of sp³-hybridized carbons (Fsp3) is 0.0526. The molecule has 0 radical (unpaired) electrons. The number of carbonyl (C=O) groups is 1. The zero-order chi connectivity index (χ0) is 19.4. The molecule has 0 aliphatic heterocycles. The quantitative estimate of drug-likeness (QED) is 0.614. The molecule has 0 aliphatic rings. The fourth-order valence-electron chi connectivity index (χ4n) is 2.30. The third-order valence-electron chi connectivity index (χ3n) is 3.58. The lowest BCUT2D eigenvalue weighted by atomic mass is 10.2. The molecule has 0 aliphatic carbocycles. The van der Waals surface area contributed by atoms with Crippen molar-refractivity contribution in [3.63, 3.8) is 0 Å². The number of aromatic nitrogens is 1. The number of benzene rings is 2. The normalized spacial score (nSPS) is 11.1. The van der Waals surface area contributed by atoms with Crippen molar-refractivity contribution in [1.29, 1.82) is 0 Å². The molecule has 0 bridgehead atoms. The van der Waals surface area contributed by atoms with Crippen molar-refractivity contribution in [2.24, 2.45) is 0 Å². The summed E-state index contributed by atoms with van der Waals surface area (Å²) in [6, 6.07) is 12.9. The van der Waals surface area contributed by atoms with Crippen molar-refractivity contribution in [2.75, 3.05) is 10.6 Å². The Labute approximate surface area is 151 Å². The summed E-state index contributed by atoms with van der Waals surface area (Å²) in [6.45, 7) is 0. The first kappa shape index (κ1) is 18.4. The van der Waals surface area contributed by atoms with Gasteiger partial charge in [0.25, 0.3) is 5.91 Å². The van der Waals surface area contributed by atoms with Crippen molar-refractivity contribution < 1.29 is 22.4 Å². The van der Waals surface area contributed by atoms with E-state index in [0.717, 1.165) is 12.1 Å². The topological polar surface area (TPSA) is 54.0 Å². The molecule has 0 saturated heterocycles. The van der Waals surface area contributed by atoms with Crippen LogP contribution in [0.4, 0.5) is 34.6 Å². The Morgan fingerprint density at radius 3 is 2.30 bits per heavy atom. The number of halogens is 4. The Balaban J connectivity index is 1.72. The van der Waals surface area contributed by atoms with E-state index in [9.17, 15) is 22.4 Å². The molecule has 1 amide bonds. The summed E-state index contributed by atoms with van der Waals surface area (Å²) >= 11 is 0. The summed E-state index contributed by atoms with van der Waals surface area (Å²) < 4.78 is 51.0. The van der Waals surface area contributed by atoms with Gasteiger partial charge in [0, 0.05) is 23.3 Å². The van der Waals surface area contributed by atoms with Crippen LogP contribution in [-0.4, -0.2) is 10.9 Å². The molecule has 27 heavy (non-hydrogen) atoms. The predicted octanol–water partition coefficient (Wildman–Crippen LogP) is 5.24. The van der Waals surface area contributed by atoms with Crippen LogP contribution in [0.15, 0.2) is 66.9 Å². The number of nitrogens with one attached hydrogen (secondary N) is 2. The molecule has 4 nitrogen and oxygen atoms in total. The molecule has 1 heterocycles. The summed E-state index contributed by atoms with van der Waals surface area (Å²) in [7, 11) is 0. The largest absolute Gasteiger partial charge is 0.416 e. The average Bonchev–Trinajstić information content (AvgIpc) is 2.62. The highest BCUT2D eigenvalue weighted by atomic mass is 19.4. The van der Waals surface area contributed by atoms with E-state index in [0.29, 0.717) is 11.4 Å². The van der Waals surface area contributed by atoms with Crippen molar-refractivity contribution >= 4 is 23.0 Å². The van der Waals surface area contributed by atoms with Gasteiger partial charge in [-0.05, 0) is 54.6 Å². The maximum absolute atomic E-state index is 13.2. The summed E-state index contributed by atoms with van der Waals surface area (Å²) in [5.74, 6) is -1.03. The van der Waals surface area contributed by atoms with Gasteiger partial charge in [-0.25, -0.2) is 4.39 Å². The van der Waals surface area contributed by atoms with Crippen LogP contribution in [0.25, 0.3) is 0 Å². The molecule has 3 aromatic rings. The summed E-state index contributed by atoms with van der Waals surface area (Å²) in [5.41, 5.74) is 0.483. The lowest BCUT2D eigenvalue weighted by Gasteiger charge is -2.10. The smallest absolute Gasteiger partial charge is 0.355 e. The lowest BCUT2D eigenvalue weighted by Crippen LogP contribution is -2.14. The molecule has 2 N–H and O–H groups in total. The molecular formula is C19H13F4N3O. The SMILES string of the molecule is O=C(Nc1cccc(F)c1)c1cc(Nc2ccc(C(F)(F)F)cc2)ccn1. The lowest BCUT2D eigenvalue weighted by molar-refractivity contribution is -0.137. The van der Waals surface area contributed by atoms with Gasteiger partial charge >= 0.3 is 6.18 Å². The van der Waals surface area contributed by atoms with Crippen molar-refractivity contribution in [3.8, 4) is 0 Å². The van der Waals surface area contributed by atoms with Crippen LogP contribution in [-0.2, 0) is 6.18 Å². The Morgan fingerprint density at radius 1 is 0.889 bits per heavy atom. The van der Waals surface area contributed by atoms with Gasteiger partial charge < -0.3 is 10.6 Å².